The molecule has 3 heterocycles. The average molecular weight is 654 g/mol. The topological polar surface area (TPSA) is 136 Å². The molecule has 0 atom stereocenters. The van der Waals surface area contributed by atoms with Gasteiger partial charge in [0.1, 0.15) is 22.2 Å². The van der Waals surface area contributed by atoms with E-state index in [0.29, 0.717) is 53.7 Å². The molecule has 0 unspecified atom stereocenters. The third-order valence-corrected chi connectivity index (χ3v) is 10.4. The van der Waals surface area contributed by atoms with Crippen LogP contribution in [0.2, 0.25) is 0 Å². The Kier molecular flexibility index (Phi) is 9.20. The van der Waals surface area contributed by atoms with Crippen LogP contribution in [0.15, 0.2) is 35.2 Å². The minimum Gasteiger partial charge on any atom is -0.495 e. The first-order valence-corrected chi connectivity index (χ1v) is 16.8. The highest BCUT2D eigenvalue weighted by Gasteiger charge is 2.31. The summed E-state index contributed by atoms with van der Waals surface area (Å²) in [7, 11) is 2.16. The molecule has 1 saturated carbocycles. The van der Waals surface area contributed by atoms with Gasteiger partial charge in [0.25, 0.3) is 0 Å². The van der Waals surface area contributed by atoms with Gasteiger partial charge in [-0.3, -0.25) is 0 Å². The van der Waals surface area contributed by atoms with Crippen molar-refractivity contribution in [3.05, 3.63) is 41.9 Å². The number of ether oxygens (including phenoxy) is 6. The molecule has 1 saturated heterocycles. The van der Waals surface area contributed by atoms with E-state index in [1.807, 2.05) is 11.4 Å². The number of nitrogens with zero attached hydrogens (tertiary/aromatic N) is 5. The van der Waals surface area contributed by atoms with E-state index in [1.165, 1.54) is 32.7 Å². The van der Waals surface area contributed by atoms with Gasteiger partial charge < -0.3 is 28.4 Å². The molecule has 2 aromatic heterocycles. The first kappa shape index (κ1) is 31.8. The molecule has 2 aliphatic rings. The lowest BCUT2D eigenvalue weighted by molar-refractivity contribution is 0.0729. The zero-order valence-corrected chi connectivity index (χ0v) is 27.6. The fraction of sp³-hybridized carbons (Fsp3) is 0.469. The third kappa shape index (κ3) is 5.80. The predicted molar refractivity (Wildman–Crippen MR) is 169 cm³/mol. The summed E-state index contributed by atoms with van der Waals surface area (Å²) in [5.74, 6) is 3.52. The monoisotopic (exact) mass is 653 g/mol. The minimum absolute atomic E-state index is 0.0288. The van der Waals surface area contributed by atoms with Crippen LogP contribution in [0.25, 0.3) is 16.9 Å². The quantitative estimate of drug-likeness (QED) is 0.220. The van der Waals surface area contributed by atoms with E-state index < -0.39 is 10.0 Å². The summed E-state index contributed by atoms with van der Waals surface area (Å²) in [6.07, 6.45) is 4.89. The number of fused-ring (bicyclic) bond motifs is 1. The Balaban J connectivity index is 1.54. The molecule has 246 valence electrons. The van der Waals surface area contributed by atoms with Crippen LogP contribution < -0.4 is 23.7 Å². The van der Waals surface area contributed by atoms with Gasteiger partial charge in [0.05, 0.1) is 47.3 Å². The molecule has 1 aliphatic heterocycles. The lowest BCUT2D eigenvalue weighted by Crippen LogP contribution is -2.40. The van der Waals surface area contributed by atoms with Crippen molar-refractivity contribution < 1.29 is 36.8 Å². The SMILES string of the molecule is CCc1nc(C2CCCC2)n2nc(-c3ccc(OC)c(S(=O)(=O)N4CCOCC4)c3)nc(Oc3cc(OC)c(OC)c(OC)c3)c12. The van der Waals surface area contributed by atoms with Gasteiger partial charge in [-0.1, -0.05) is 19.8 Å². The molecule has 13 nitrogen and oxygen atoms in total. The number of sulfonamides is 1. The summed E-state index contributed by atoms with van der Waals surface area (Å²) in [4.78, 5) is 9.96. The maximum absolute atomic E-state index is 13.8. The van der Waals surface area contributed by atoms with Crippen molar-refractivity contribution in [3.63, 3.8) is 0 Å². The molecule has 0 bridgehead atoms. The first-order chi connectivity index (χ1) is 22.3. The Morgan fingerprint density at radius 2 is 1.57 bits per heavy atom. The summed E-state index contributed by atoms with van der Waals surface area (Å²) in [5, 5.41) is 4.97. The molecular formula is C32H39N5O8S. The number of benzene rings is 2. The minimum atomic E-state index is -3.90. The van der Waals surface area contributed by atoms with E-state index in [-0.39, 0.29) is 41.4 Å². The van der Waals surface area contributed by atoms with Crippen LogP contribution in [0.1, 0.15) is 50.0 Å². The fourth-order valence-corrected chi connectivity index (χ4v) is 7.71. The second-order valence-corrected chi connectivity index (χ2v) is 13.0. The molecule has 1 aliphatic carbocycles. The molecule has 0 spiro atoms. The van der Waals surface area contributed by atoms with Crippen LogP contribution in [0.4, 0.5) is 0 Å². The normalized spacial score (nSPS) is 16.1. The summed E-state index contributed by atoms with van der Waals surface area (Å²) in [6.45, 7) is 3.19. The maximum Gasteiger partial charge on any atom is 0.249 e. The number of morpholine rings is 1. The molecule has 46 heavy (non-hydrogen) atoms. The fourth-order valence-electron chi connectivity index (χ4n) is 6.12. The van der Waals surface area contributed by atoms with Gasteiger partial charge in [-0.15, -0.1) is 5.10 Å². The van der Waals surface area contributed by atoms with E-state index in [2.05, 4.69) is 0 Å². The van der Waals surface area contributed by atoms with Crippen molar-refractivity contribution in [2.75, 3.05) is 54.7 Å². The molecule has 2 fully saturated rings. The van der Waals surface area contributed by atoms with E-state index in [4.69, 9.17) is 43.5 Å². The molecule has 0 amide bonds. The zero-order valence-electron chi connectivity index (χ0n) is 26.7. The van der Waals surface area contributed by atoms with Crippen molar-refractivity contribution in [2.45, 2.75) is 49.8 Å². The van der Waals surface area contributed by atoms with Gasteiger partial charge in [-0.25, -0.2) is 17.9 Å². The number of methoxy groups -OCH3 is 4. The van der Waals surface area contributed by atoms with Crippen LogP contribution in [0, 0.1) is 0 Å². The Labute approximate surface area is 268 Å². The van der Waals surface area contributed by atoms with Gasteiger partial charge in [0.2, 0.25) is 21.7 Å². The highest BCUT2D eigenvalue weighted by molar-refractivity contribution is 7.89. The number of hydrogen-bond donors (Lipinski definition) is 0. The Hall–Kier alpha value is -4.14. The number of aromatic nitrogens is 4. The van der Waals surface area contributed by atoms with E-state index in [9.17, 15) is 8.42 Å². The largest absolute Gasteiger partial charge is 0.495 e. The van der Waals surface area contributed by atoms with Crippen LogP contribution in [0.5, 0.6) is 34.6 Å². The molecule has 6 rings (SSSR count). The van der Waals surface area contributed by atoms with Crippen molar-refractivity contribution in [2.24, 2.45) is 0 Å². The van der Waals surface area contributed by atoms with Gasteiger partial charge in [-0.05, 0) is 37.5 Å². The maximum atomic E-state index is 13.8. The first-order valence-electron chi connectivity index (χ1n) is 15.4. The van der Waals surface area contributed by atoms with Crippen LogP contribution in [-0.4, -0.2) is 87.0 Å². The molecule has 0 radical (unpaired) electrons. The number of imidazole rings is 1. The lowest BCUT2D eigenvalue weighted by Gasteiger charge is -2.26. The Morgan fingerprint density at radius 3 is 2.17 bits per heavy atom. The Bertz CT molecular complexity index is 1810. The number of aryl methyl sites for hydroxylation is 1. The second kappa shape index (κ2) is 13.3. The number of hydrogen-bond acceptors (Lipinski definition) is 11. The van der Waals surface area contributed by atoms with Crippen molar-refractivity contribution in [3.8, 4) is 46.0 Å². The van der Waals surface area contributed by atoms with E-state index >= 15 is 0 Å². The van der Waals surface area contributed by atoms with Crippen LogP contribution in [0.3, 0.4) is 0 Å². The Morgan fingerprint density at radius 1 is 0.891 bits per heavy atom. The number of rotatable bonds is 11. The standard InChI is InChI=1S/C32H39N5O8S/c1-6-23-28-32(45-22-18-25(41-3)29(43-5)26(19-22)42-4)34-30(35-37(28)31(33-23)20-9-7-8-10-20)21-11-12-24(40-2)27(17-21)46(38,39)36-13-15-44-16-14-36/h11-12,17-20H,6-10,13-16H2,1-5H3. The average Bonchev–Trinajstić information content (AvgIpc) is 3.76. The molecule has 4 aromatic rings. The second-order valence-electron chi connectivity index (χ2n) is 11.1. The van der Waals surface area contributed by atoms with E-state index in [0.717, 1.165) is 37.2 Å². The highest BCUT2D eigenvalue weighted by Crippen LogP contribution is 2.43. The predicted octanol–water partition coefficient (Wildman–Crippen LogP) is 4.86. The summed E-state index contributed by atoms with van der Waals surface area (Å²) >= 11 is 0. The van der Waals surface area contributed by atoms with Gasteiger partial charge >= 0.3 is 0 Å². The van der Waals surface area contributed by atoms with Crippen molar-refractivity contribution >= 4 is 15.5 Å². The molecule has 14 heteroatoms. The van der Waals surface area contributed by atoms with Crippen molar-refractivity contribution in [1.29, 1.82) is 0 Å². The van der Waals surface area contributed by atoms with Crippen LogP contribution >= 0.6 is 0 Å². The highest BCUT2D eigenvalue weighted by atomic mass is 32.2. The molecular weight excluding hydrogens is 614 g/mol. The van der Waals surface area contributed by atoms with Crippen molar-refractivity contribution in [1.82, 2.24) is 23.9 Å². The third-order valence-electron chi connectivity index (χ3n) is 8.47. The van der Waals surface area contributed by atoms with E-state index in [1.54, 1.807) is 30.3 Å². The smallest absolute Gasteiger partial charge is 0.249 e. The van der Waals surface area contributed by atoms with Crippen LogP contribution in [-0.2, 0) is 21.2 Å². The summed E-state index contributed by atoms with van der Waals surface area (Å²) < 4.78 is 64.8. The lowest BCUT2D eigenvalue weighted by atomic mass is 10.1. The summed E-state index contributed by atoms with van der Waals surface area (Å²) in [6, 6.07) is 8.31. The molecule has 0 N–H and O–H groups in total. The molecule has 2 aromatic carbocycles. The van der Waals surface area contributed by atoms with Gasteiger partial charge in [0.15, 0.2) is 22.8 Å². The summed E-state index contributed by atoms with van der Waals surface area (Å²) in [5.41, 5.74) is 1.94. The van der Waals surface area contributed by atoms with Gasteiger partial charge in [-0.2, -0.15) is 9.29 Å². The van der Waals surface area contributed by atoms with Gasteiger partial charge in [0, 0.05) is 36.7 Å². The zero-order chi connectivity index (χ0) is 32.4.